The van der Waals surface area contributed by atoms with E-state index < -0.39 is 0 Å². The van der Waals surface area contributed by atoms with E-state index in [9.17, 15) is 0 Å². The molecule has 0 radical (unpaired) electrons. The molecule has 2 aromatic rings. The van der Waals surface area contributed by atoms with Gasteiger partial charge in [0, 0.05) is 11.0 Å². The quantitative estimate of drug-likeness (QED) is 0.745. The highest BCUT2D eigenvalue weighted by molar-refractivity contribution is 5.78. The van der Waals surface area contributed by atoms with Crippen LogP contribution in [0.2, 0.25) is 0 Å². The molecule has 1 N–H and O–H groups in total. The number of hydrogen-bond acceptors (Lipinski definition) is 0. The molecule has 0 aromatic carbocycles. The van der Waals surface area contributed by atoms with E-state index in [1.165, 1.54) is 23.9 Å². The minimum Gasteiger partial charge on any atom is -0.355 e. The van der Waals surface area contributed by atoms with Gasteiger partial charge in [0.15, 0.2) is 0 Å². The molecule has 1 nitrogen and oxygen atoms in total. The van der Waals surface area contributed by atoms with Gasteiger partial charge in [0.2, 0.25) is 0 Å². The highest BCUT2D eigenvalue weighted by Crippen LogP contribution is 2.38. The van der Waals surface area contributed by atoms with Crippen LogP contribution in [0.5, 0.6) is 0 Å². The first-order chi connectivity index (χ1) is 7.19. The van der Waals surface area contributed by atoms with Crippen LogP contribution in [0.4, 0.5) is 0 Å². The Hall–Kier alpha value is -0.980. The third-order valence-electron chi connectivity index (χ3n) is 3.77. The first-order valence-corrected chi connectivity index (χ1v) is 6.12. The molecule has 0 aliphatic heterocycles. The Kier molecular flexibility index (Phi) is 2.72. The lowest BCUT2D eigenvalue weighted by atomic mass is 9.87. The third kappa shape index (κ3) is 1.54. The van der Waals surface area contributed by atoms with Crippen molar-refractivity contribution in [1.82, 2.24) is 4.98 Å². The van der Waals surface area contributed by atoms with Crippen LogP contribution in [-0.4, -0.2) is 4.98 Å². The van der Waals surface area contributed by atoms with Gasteiger partial charge in [0.05, 0.1) is 0 Å². The number of rotatable bonds is 4. The van der Waals surface area contributed by atoms with Crippen molar-refractivity contribution in [2.24, 2.45) is 0 Å². The molecule has 2 unspecified atom stereocenters. The molecule has 0 saturated carbocycles. The van der Waals surface area contributed by atoms with Gasteiger partial charge >= 0.3 is 0 Å². The van der Waals surface area contributed by atoms with Crippen molar-refractivity contribution in [3.8, 4) is 0 Å². The van der Waals surface area contributed by atoms with Crippen LogP contribution in [0.3, 0.4) is 0 Å². The lowest BCUT2D eigenvalue weighted by Gasteiger charge is -2.16. The second-order valence-corrected chi connectivity index (χ2v) is 4.73. The number of nitrogens with one attached hydrogen (secondary N) is 1. The summed E-state index contributed by atoms with van der Waals surface area (Å²) in [5.74, 6) is 1.36. The summed E-state index contributed by atoms with van der Waals surface area (Å²) in [4.78, 5) is 3.51. The number of aromatic amines is 1. The molecule has 1 heteroatoms. The fourth-order valence-corrected chi connectivity index (χ4v) is 2.47. The Bertz CT molecular complexity index is 388. The average molecular weight is 203 g/mol. The summed E-state index contributed by atoms with van der Waals surface area (Å²) in [6, 6.07) is 4.45. The first kappa shape index (κ1) is 10.5. The number of hydrogen-bond donors (Lipinski definition) is 1. The second-order valence-electron chi connectivity index (χ2n) is 4.73. The molecule has 0 aliphatic carbocycles. The molecule has 0 fully saturated rings. The summed E-state index contributed by atoms with van der Waals surface area (Å²) in [5, 5.41) is 0. The Labute approximate surface area is 92.2 Å². The predicted octanol–water partition coefficient (Wildman–Crippen LogP) is 4.63. The third-order valence-corrected chi connectivity index (χ3v) is 3.77. The summed E-state index contributed by atoms with van der Waals surface area (Å²) < 4.78 is 0. The Balaban J connectivity index is 2.52. The lowest BCUT2D eigenvalue weighted by molar-refractivity contribution is 0.688. The zero-order chi connectivity index (χ0) is 11.0. The van der Waals surface area contributed by atoms with Gasteiger partial charge in [-0.15, -0.1) is 0 Å². The van der Waals surface area contributed by atoms with Gasteiger partial charge in [-0.3, -0.25) is 0 Å². The zero-order valence-electron chi connectivity index (χ0n) is 10.2. The maximum atomic E-state index is 3.51. The maximum Gasteiger partial charge on any atom is 0.0424 e. The van der Waals surface area contributed by atoms with E-state index in [0.717, 1.165) is 0 Å². The van der Waals surface area contributed by atoms with E-state index in [1.807, 2.05) is 0 Å². The van der Waals surface area contributed by atoms with Crippen LogP contribution in [0, 0.1) is 0 Å². The molecular weight excluding hydrogens is 182 g/mol. The highest BCUT2D eigenvalue weighted by atomic mass is 14.7. The fourth-order valence-electron chi connectivity index (χ4n) is 2.47. The number of benzene rings is 1. The molecule has 0 saturated heterocycles. The van der Waals surface area contributed by atoms with Crippen LogP contribution in [-0.2, 0) is 0 Å². The molecule has 2 rings (SSSR count). The van der Waals surface area contributed by atoms with Crippen LogP contribution in [0.25, 0.3) is 11.0 Å². The van der Waals surface area contributed by atoms with Crippen LogP contribution in [0.15, 0.2) is 12.1 Å². The largest absolute Gasteiger partial charge is 0.355 e. The van der Waals surface area contributed by atoms with Gasteiger partial charge in [-0.05, 0) is 47.9 Å². The summed E-state index contributed by atoms with van der Waals surface area (Å²) in [7, 11) is 0. The van der Waals surface area contributed by atoms with Crippen molar-refractivity contribution >= 4 is 11.0 Å². The topological polar surface area (TPSA) is 15.8 Å². The van der Waals surface area contributed by atoms with E-state index in [-0.39, 0.29) is 0 Å². The van der Waals surface area contributed by atoms with Gasteiger partial charge in [-0.2, -0.15) is 0 Å². The Morgan fingerprint density at radius 2 is 1.33 bits per heavy atom. The molecule has 15 heavy (non-hydrogen) atoms. The number of fused-ring (bicyclic) bond motifs is 2. The molecule has 0 spiro atoms. The molecule has 2 aromatic heterocycles. The van der Waals surface area contributed by atoms with Crippen molar-refractivity contribution in [2.75, 3.05) is 0 Å². The van der Waals surface area contributed by atoms with Crippen molar-refractivity contribution in [3.05, 3.63) is 23.3 Å². The highest BCUT2D eigenvalue weighted by Gasteiger charge is 2.21. The fraction of sp³-hybridized carbons (Fsp3) is 0.571. The lowest BCUT2D eigenvalue weighted by Crippen LogP contribution is -2.00. The van der Waals surface area contributed by atoms with Crippen LogP contribution in [0.1, 0.15) is 63.5 Å². The smallest absolute Gasteiger partial charge is 0.0424 e. The normalized spacial score (nSPS) is 16.0. The predicted molar refractivity (Wildman–Crippen MR) is 66.9 cm³/mol. The standard InChI is InChI=1S/C14H21N/c1-5-9(3)13-11-7-8-12(15-11)14(13)10(4)6-2/h7-10,15H,5-6H2,1-4H3. The average Bonchev–Trinajstić information content (AvgIpc) is 2.86. The van der Waals surface area contributed by atoms with E-state index in [4.69, 9.17) is 0 Å². The van der Waals surface area contributed by atoms with E-state index in [0.29, 0.717) is 11.8 Å². The number of aromatic nitrogens is 1. The minimum atomic E-state index is 0.680. The molecule has 0 amide bonds. The van der Waals surface area contributed by atoms with Crippen molar-refractivity contribution in [1.29, 1.82) is 0 Å². The summed E-state index contributed by atoms with van der Waals surface area (Å²) >= 11 is 0. The van der Waals surface area contributed by atoms with Crippen LogP contribution < -0.4 is 0 Å². The van der Waals surface area contributed by atoms with E-state index in [1.54, 1.807) is 11.1 Å². The Morgan fingerprint density at radius 1 is 0.933 bits per heavy atom. The van der Waals surface area contributed by atoms with Gasteiger partial charge in [0.1, 0.15) is 0 Å². The number of H-pyrrole nitrogens is 1. The van der Waals surface area contributed by atoms with Gasteiger partial charge < -0.3 is 4.98 Å². The molecule has 82 valence electrons. The molecule has 2 bridgehead atoms. The minimum absolute atomic E-state index is 0.680. The van der Waals surface area contributed by atoms with Crippen molar-refractivity contribution < 1.29 is 0 Å². The molecule has 0 aliphatic rings. The molecule has 2 heterocycles. The maximum absolute atomic E-state index is 3.51. The van der Waals surface area contributed by atoms with Gasteiger partial charge in [0.25, 0.3) is 0 Å². The monoisotopic (exact) mass is 203 g/mol. The van der Waals surface area contributed by atoms with Crippen molar-refractivity contribution in [2.45, 2.75) is 52.4 Å². The van der Waals surface area contributed by atoms with Gasteiger partial charge in [-0.25, -0.2) is 0 Å². The molecule has 2 atom stereocenters. The SMILES string of the molecule is CCC(C)c1c(C(C)CC)c2ccc1[nH]2. The van der Waals surface area contributed by atoms with Crippen LogP contribution >= 0.6 is 0 Å². The van der Waals surface area contributed by atoms with E-state index >= 15 is 0 Å². The second kappa shape index (κ2) is 3.88. The summed E-state index contributed by atoms with van der Waals surface area (Å²) in [5.41, 5.74) is 5.86. The van der Waals surface area contributed by atoms with Gasteiger partial charge in [-0.1, -0.05) is 27.7 Å². The summed E-state index contributed by atoms with van der Waals surface area (Å²) in [6.45, 7) is 9.21. The zero-order valence-corrected chi connectivity index (χ0v) is 10.2. The van der Waals surface area contributed by atoms with E-state index in [2.05, 4.69) is 44.8 Å². The Morgan fingerprint density at radius 3 is 1.67 bits per heavy atom. The first-order valence-electron chi connectivity index (χ1n) is 6.12. The summed E-state index contributed by atoms with van der Waals surface area (Å²) in [6.07, 6.45) is 2.45. The van der Waals surface area contributed by atoms with Crippen molar-refractivity contribution in [3.63, 3.8) is 0 Å². The molecular formula is C14H21N.